The highest BCUT2D eigenvalue weighted by molar-refractivity contribution is 7.80. The Balaban J connectivity index is 2.13. The minimum atomic E-state index is -1.95. The van der Waals surface area contributed by atoms with Crippen molar-refractivity contribution >= 4 is 69.7 Å². The standard InChI is InChI=1S/C18H16Cl3N3O3S/c1-10-5-4-6-11(9-10)14(25)23-16(18(19,20)21)24-17(28)22-13-8-3-2-7-12(13)15(26)27/h2-9,16H,1H3,(H,23,25)(H,26,27)(H2,22,24,28)/p-1. The van der Waals surface area contributed by atoms with Crippen LogP contribution in [0.2, 0.25) is 0 Å². The molecule has 3 N–H and O–H groups in total. The van der Waals surface area contributed by atoms with Gasteiger partial charge in [0.2, 0.25) is 3.79 Å². The van der Waals surface area contributed by atoms with E-state index in [2.05, 4.69) is 16.0 Å². The van der Waals surface area contributed by atoms with Crippen LogP contribution in [0.4, 0.5) is 5.69 Å². The number of thiocarbonyl (C=S) groups is 1. The molecule has 1 atom stereocenters. The Morgan fingerprint density at radius 1 is 1.07 bits per heavy atom. The zero-order valence-electron chi connectivity index (χ0n) is 14.5. The second-order valence-corrected chi connectivity index (χ2v) is 8.53. The third-order valence-corrected chi connectivity index (χ3v) is 4.43. The summed E-state index contributed by atoms with van der Waals surface area (Å²) in [5.41, 5.74) is 1.36. The maximum atomic E-state index is 12.5. The van der Waals surface area contributed by atoms with Crippen LogP contribution >= 0.6 is 47.0 Å². The van der Waals surface area contributed by atoms with Crippen molar-refractivity contribution in [1.29, 1.82) is 0 Å². The number of nitrogens with one attached hydrogen (secondary N) is 3. The van der Waals surface area contributed by atoms with Crippen LogP contribution in [-0.4, -0.2) is 26.9 Å². The number of carboxylic acid groups (broad SMARTS) is 1. The van der Waals surface area contributed by atoms with Gasteiger partial charge in [-0.25, -0.2) is 0 Å². The summed E-state index contributed by atoms with van der Waals surface area (Å²) in [5, 5.41) is 19.0. The molecule has 1 unspecified atom stereocenters. The Labute approximate surface area is 182 Å². The first-order valence-corrected chi connectivity index (χ1v) is 9.44. The first kappa shape index (κ1) is 22.2. The molecule has 0 aliphatic heterocycles. The molecule has 0 bridgehead atoms. The van der Waals surface area contributed by atoms with Gasteiger partial charge < -0.3 is 25.9 Å². The normalized spacial score (nSPS) is 12.0. The van der Waals surface area contributed by atoms with E-state index in [1.807, 2.05) is 13.0 Å². The molecule has 148 valence electrons. The lowest BCUT2D eigenvalue weighted by molar-refractivity contribution is -0.254. The zero-order valence-corrected chi connectivity index (χ0v) is 17.5. The molecule has 10 heteroatoms. The third kappa shape index (κ3) is 6.24. The fourth-order valence-electron chi connectivity index (χ4n) is 2.26. The predicted octanol–water partition coefficient (Wildman–Crippen LogP) is 2.77. The molecule has 0 saturated heterocycles. The molecule has 0 aliphatic rings. The van der Waals surface area contributed by atoms with E-state index in [1.165, 1.54) is 12.1 Å². The van der Waals surface area contributed by atoms with Crippen molar-refractivity contribution in [2.24, 2.45) is 0 Å². The summed E-state index contributed by atoms with van der Waals surface area (Å²) in [6.07, 6.45) is -1.19. The van der Waals surface area contributed by atoms with Crippen LogP contribution in [0.15, 0.2) is 48.5 Å². The van der Waals surface area contributed by atoms with Crippen molar-refractivity contribution in [1.82, 2.24) is 10.6 Å². The van der Waals surface area contributed by atoms with Gasteiger partial charge in [0.1, 0.15) is 6.17 Å². The van der Waals surface area contributed by atoms with E-state index >= 15 is 0 Å². The van der Waals surface area contributed by atoms with Crippen LogP contribution in [0.3, 0.4) is 0 Å². The first-order chi connectivity index (χ1) is 13.1. The summed E-state index contributed by atoms with van der Waals surface area (Å²) >= 11 is 23.0. The summed E-state index contributed by atoms with van der Waals surface area (Å²) in [4.78, 5) is 23.6. The number of carboxylic acids is 1. The van der Waals surface area contributed by atoms with Crippen LogP contribution in [-0.2, 0) is 0 Å². The largest absolute Gasteiger partial charge is 0.545 e. The Bertz CT molecular complexity index is 903. The quantitative estimate of drug-likeness (QED) is 0.362. The molecule has 2 aromatic rings. The second-order valence-electron chi connectivity index (χ2n) is 5.75. The number of para-hydroxylation sites is 1. The van der Waals surface area contributed by atoms with E-state index in [-0.39, 0.29) is 16.4 Å². The number of aryl methyl sites for hydroxylation is 1. The fourth-order valence-corrected chi connectivity index (χ4v) is 2.82. The van der Waals surface area contributed by atoms with Crippen molar-refractivity contribution in [2.45, 2.75) is 16.9 Å². The molecular formula is C18H15Cl3N3O3S-. The minimum absolute atomic E-state index is 0.0606. The number of anilines is 1. The molecule has 0 heterocycles. The molecule has 28 heavy (non-hydrogen) atoms. The highest BCUT2D eigenvalue weighted by Gasteiger charge is 2.35. The first-order valence-electron chi connectivity index (χ1n) is 7.90. The van der Waals surface area contributed by atoms with Gasteiger partial charge in [0.25, 0.3) is 5.91 Å². The van der Waals surface area contributed by atoms with Gasteiger partial charge in [-0.15, -0.1) is 0 Å². The minimum Gasteiger partial charge on any atom is -0.545 e. The Morgan fingerprint density at radius 3 is 2.36 bits per heavy atom. The number of rotatable bonds is 5. The number of aromatic carboxylic acids is 1. The number of hydrogen-bond donors (Lipinski definition) is 3. The summed E-state index contributed by atoms with van der Waals surface area (Å²) in [7, 11) is 0. The van der Waals surface area contributed by atoms with Crippen LogP contribution < -0.4 is 21.1 Å². The Morgan fingerprint density at radius 2 is 1.75 bits per heavy atom. The van der Waals surface area contributed by atoms with Gasteiger partial charge in [-0.2, -0.15) is 0 Å². The van der Waals surface area contributed by atoms with Crippen LogP contribution in [0, 0.1) is 6.92 Å². The molecule has 0 saturated carbocycles. The van der Waals surface area contributed by atoms with Gasteiger partial charge in [-0.3, -0.25) is 4.79 Å². The monoisotopic (exact) mass is 458 g/mol. The number of amides is 1. The van der Waals surface area contributed by atoms with Crippen LogP contribution in [0.25, 0.3) is 0 Å². The van der Waals surface area contributed by atoms with Crippen molar-refractivity contribution in [3.05, 3.63) is 65.2 Å². The van der Waals surface area contributed by atoms with Crippen molar-refractivity contribution in [2.75, 3.05) is 5.32 Å². The molecule has 0 radical (unpaired) electrons. The lowest BCUT2D eigenvalue weighted by atomic mass is 10.1. The van der Waals surface area contributed by atoms with Gasteiger partial charge in [-0.1, -0.05) is 70.7 Å². The number of alkyl halides is 3. The molecule has 6 nitrogen and oxygen atoms in total. The van der Waals surface area contributed by atoms with Crippen molar-refractivity contribution in [3.63, 3.8) is 0 Å². The molecular weight excluding hydrogens is 445 g/mol. The average molecular weight is 460 g/mol. The number of carbonyl (C=O) groups is 2. The number of carbonyl (C=O) groups excluding carboxylic acids is 2. The van der Waals surface area contributed by atoms with Gasteiger partial charge in [0.05, 0.1) is 5.97 Å². The summed E-state index contributed by atoms with van der Waals surface area (Å²) in [6, 6.07) is 12.9. The average Bonchev–Trinajstić information content (AvgIpc) is 2.60. The topological polar surface area (TPSA) is 93.3 Å². The molecule has 0 fully saturated rings. The maximum absolute atomic E-state index is 12.5. The summed E-state index contributed by atoms with van der Waals surface area (Å²) in [6.45, 7) is 1.84. The lowest BCUT2D eigenvalue weighted by Gasteiger charge is -2.28. The molecule has 2 aromatic carbocycles. The van der Waals surface area contributed by atoms with Gasteiger partial charge in [0, 0.05) is 16.8 Å². The Hall–Kier alpha value is -2.06. The lowest BCUT2D eigenvalue weighted by Crippen LogP contribution is -2.56. The van der Waals surface area contributed by atoms with E-state index in [0.717, 1.165) is 5.56 Å². The summed E-state index contributed by atoms with van der Waals surface area (Å²) in [5.74, 6) is -1.86. The van der Waals surface area contributed by atoms with Gasteiger partial charge in [0.15, 0.2) is 5.11 Å². The van der Waals surface area contributed by atoms with E-state index in [4.69, 9.17) is 47.0 Å². The van der Waals surface area contributed by atoms with Crippen molar-refractivity contribution < 1.29 is 14.7 Å². The number of halogens is 3. The zero-order chi connectivity index (χ0) is 20.9. The molecule has 0 aromatic heterocycles. The maximum Gasteiger partial charge on any atom is 0.252 e. The van der Waals surface area contributed by atoms with E-state index < -0.39 is 21.8 Å². The molecule has 0 spiro atoms. The van der Waals surface area contributed by atoms with E-state index in [0.29, 0.717) is 5.56 Å². The van der Waals surface area contributed by atoms with Crippen molar-refractivity contribution in [3.8, 4) is 0 Å². The summed E-state index contributed by atoms with van der Waals surface area (Å²) < 4.78 is -1.95. The van der Waals surface area contributed by atoms with Gasteiger partial charge >= 0.3 is 0 Å². The number of hydrogen-bond acceptors (Lipinski definition) is 4. The fraction of sp³-hybridized carbons (Fsp3) is 0.167. The highest BCUT2D eigenvalue weighted by Crippen LogP contribution is 2.29. The second kappa shape index (κ2) is 9.43. The van der Waals surface area contributed by atoms with Crippen LogP contribution in [0.5, 0.6) is 0 Å². The van der Waals surface area contributed by atoms with Crippen LogP contribution in [0.1, 0.15) is 26.3 Å². The molecule has 0 aliphatic carbocycles. The molecule has 2 rings (SSSR count). The SMILES string of the molecule is Cc1cccc(C(=O)NC(NC(=S)Nc2ccccc2C(=O)[O-])C(Cl)(Cl)Cl)c1. The van der Waals surface area contributed by atoms with E-state index in [1.54, 1.807) is 30.3 Å². The smallest absolute Gasteiger partial charge is 0.252 e. The van der Waals surface area contributed by atoms with E-state index in [9.17, 15) is 14.7 Å². The molecule has 1 amide bonds. The van der Waals surface area contributed by atoms with Gasteiger partial charge in [-0.05, 0) is 37.3 Å². The number of benzene rings is 2. The third-order valence-electron chi connectivity index (χ3n) is 3.55. The highest BCUT2D eigenvalue weighted by atomic mass is 35.6. The predicted molar refractivity (Wildman–Crippen MR) is 113 cm³/mol. The Kier molecular flexibility index (Phi) is 7.48.